The molecule has 1 unspecified atom stereocenters. The predicted octanol–water partition coefficient (Wildman–Crippen LogP) is 2.40. The highest BCUT2D eigenvalue weighted by molar-refractivity contribution is 5.03. The van der Waals surface area contributed by atoms with E-state index in [-0.39, 0.29) is 0 Å². The van der Waals surface area contributed by atoms with Gasteiger partial charge in [-0.15, -0.1) is 0 Å². The molecule has 0 aromatic carbocycles. The summed E-state index contributed by atoms with van der Waals surface area (Å²) in [4.78, 5) is 4.34. The average Bonchev–Trinajstić information content (AvgIpc) is 3.09. The van der Waals surface area contributed by atoms with E-state index in [4.69, 9.17) is 0 Å². The summed E-state index contributed by atoms with van der Waals surface area (Å²) in [6.07, 6.45) is 6.98. The number of aryl methyl sites for hydroxylation is 1. The number of hydrogen-bond donors (Lipinski definition) is 1. The Morgan fingerprint density at radius 1 is 1.47 bits per heavy atom. The van der Waals surface area contributed by atoms with Crippen LogP contribution in [0, 0.1) is 5.92 Å². The SMILES string of the molecule is CC(CCc1ccccn1)CNC1CC1. The highest BCUT2D eigenvalue weighted by Crippen LogP contribution is 2.19. The summed E-state index contributed by atoms with van der Waals surface area (Å²) in [6.45, 7) is 3.48. The fraction of sp³-hybridized carbons (Fsp3) is 0.615. The largest absolute Gasteiger partial charge is 0.314 e. The quantitative estimate of drug-likeness (QED) is 0.769. The van der Waals surface area contributed by atoms with Crippen LogP contribution in [0.1, 0.15) is 31.9 Å². The van der Waals surface area contributed by atoms with Crippen molar-refractivity contribution in [1.29, 1.82) is 0 Å². The third kappa shape index (κ3) is 4.00. The van der Waals surface area contributed by atoms with Crippen LogP contribution in [0.5, 0.6) is 0 Å². The van der Waals surface area contributed by atoms with E-state index in [9.17, 15) is 0 Å². The molecular formula is C13H20N2. The van der Waals surface area contributed by atoms with E-state index in [1.54, 1.807) is 0 Å². The molecule has 1 aliphatic rings. The van der Waals surface area contributed by atoms with Gasteiger partial charge in [-0.05, 0) is 50.3 Å². The van der Waals surface area contributed by atoms with Crippen molar-refractivity contribution in [2.75, 3.05) is 6.54 Å². The van der Waals surface area contributed by atoms with Crippen molar-refractivity contribution in [3.8, 4) is 0 Å². The Kier molecular flexibility index (Phi) is 3.73. The summed E-state index contributed by atoms with van der Waals surface area (Å²) in [5, 5.41) is 3.57. The Labute approximate surface area is 92.1 Å². The van der Waals surface area contributed by atoms with Crippen LogP contribution in [0.25, 0.3) is 0 Å². The minimum Gasteiger partial charge on any atom is -0.314 e. The molecule has 0 spiro atoms. The lowest BCUT2D eigenvalue weighted by Crippen LogP contribution is -2.23. The van der Waals surface area contributed by atoms with Crippen molar-refractivity contribution in [2.24, 2.45) is 5.92 Å². The van der Waals surface area contributed by atoms with E-state index in [1.165, 1.54) is 25.0 Å². The van der Waals surface area contributed by atoms with Crippen LogP contribution >= 0.6 is 0 Å². The molecule has 2 nitrogen and oxygen atoms in total. The third-order valence-electron chi connectivity index (χ3n) is 2.95. The number of aromatic nitrogens is 1. The fourth-order valence-electron chi connectivity index (χ4n) is 1.70. The zero-order valence-corrected chi connectivity index (χ0v) is 9.45. The summed E-state index contributed by atoms with van der Waals surface area (Å²) in [5.41, 5.74) is 1.22. The molecule has 0 saturated heterocycles. The van der Waals surface area contributed by atoms with Crippen LogP contribution in [-0.2, 0) is 6.42 Å². The highest BCUT2D eigenvalue weighted by Gasteiger charge is 2.20. The smallest absolute Gasteiger partial charge is 0.0403 e. The normalized spacial score (nSPS) is 17.7. The first kappa shape index (κ1) is 10.6. The van der Waals surface area contributed by atoms with Gasteiger partial charge in [-0.2, -0.15) is 0 Å². The summed E-state index contributed by atoms with van der Waals surface area (Å²) in [7, 11) is 0. The lowest BCUT2D eigenvalue weighted by atomic mass is 10.0. The van der Waals surface area contributed by atoms with Crippen molar-refractivity contribution in [3.05, 3.63) is 30.1 Å². The monoisotopic (exact) mass is 204 g/mol. The van der Waals surface area contributed by atoms with Gasteiger partial charge >= 0.3 is 0 Å². The molecule has 1 heterocycles. The molecule has 1 atom stereocenters. The van der Waals surface area contributed by atoms with Crippen LogP contribution < -0.4 is 5.32 Å². The molecule has 15 heavy (non-hydrogen) atoms. The van der Waals surface area contributed by atoms with Gasteiger partial charge in [-0.3, -0.25) is 4.98 Å². The molecule has 0 aliphatic heterocycles. The number of rotatable bonds is 6. The lowest BCUT2D eigenvalue weighted by molar-refractivity contribution is 0.477. The van der Waals surface area contributed by atoms with E-state index >= 15 is 0 Å². The van der Waals surface area contributed by atoms with E-state index < -0.39 is 0 Å². The van der Waals surface area contributed by atoms with E-state index in [0.29, 0.717) is 0 Å². The molecule has 1 aromatic rings. The van der Waals surface area contributed by atoms with E-state index in [1.807, 2.05) is 12.3 Å². The number of nitrogens with one attached hydrogen (secondary N) is 1. The van der Waals surface area contributed by atoms with Crippen molar-refractivity contribution in [3.63, 3.8) is 0 Å². The molecule has 2 heteroatoms. The first-order valence-electron chi connectivity index (χ1n) is 5.98. The Morgan fingerprint density at radius 3 is 3.00 bits per heavy atom. The van der Waals surface area contributed by atoms with Crippen LogP contribution in [-0.4, -0.2) is 17.6 Å². The van der Waals surface area contributed by atoms with Gasteiger partial charge in [0.25, 0.3) is 0 Å². The molecule has 0 bridgehead atoms. The maximum atomic E-state index is 4.34. The second kappa shape index (κ2) is 5.26. The maximum Gasteiger partial charge on any atom is 0.0403 e. The van der Waals surface area contributed by atoms with E-state index in [2.05, 4.69) is 29.4 Å². The summed E-state index contributed by atoms with van der Waals surface area (Å²) in [5.74, 6) is 0.757. The zero-order chi connectivity index (χ0) is 10.5. The molecule has 1 aromatic heterocycles. The second-order valence-corrected chi connectivity index (χ2v) is 4.65. The highest BCUT2D eigenvalue weighted by atomic mass is 14.9. The molecular weight excluding hydrogens is 184 g/mol. The Balaban J connectivity index is 1.63. The minimum absolute atomic E-state index is 0.757. The third-order valence-corrected chi connectivity index (χ3v) is 2.95. The molecule has 0 amide bonds. The van der Waals surface area contributed by atoms with Crippen molar-refractivity contribution in [1.82, 2.24) is 10.3 Å². The second-order valence-electron chi connectivity index (χ2n) is 4.65. The number of pyridine rings is 1. The molecule has 0 radical (unpaired) electrons. The average molecular weight is 204 g/mol. The maximum absolute atomic E-state index is 4.34. The fourth-order valence-corrected chi connectivity index (χ4v) is 1.70. The summed E-state index contributed by atoms with van der Waals surface area (Å²) < 4.78 is 0. The molecule has 1 fully saturated rings. The summed E-state index contributed by atoms with van der Waals surface area (Å²) in [6, 6.07) is 6.99. The van der Waals surface area contributed by atoms with Gasteiger partial charge < -0.3 is 5.32 Å². The molecule has 82 valence electrons. The van der Waals surface area contributed by atoms with Crippen LogP contribution in [0.4, 0.5) is 0 Å². The van der Waals surface area contributed by atoms with Gasteiger partial charge in [0.1, 0.15) is 0 Å². The van der Waals surface area contributed by atoms with Gasteiger partial charge in [-0.25, -0.2) is 0 Å². The first-order chi connectivity index (χ1) is 7.34. The predicted molar refractivity (Wildman–Crippen MR) is 62.7 cm³/mol. The molecule has 2 rings (SSSR count). The minimum atomic E-state index is 0.757. The standard InChI is InChI=1S/C13H20N2/c1-11(10-15-13-7-8-13)5-6-12-4-2-3-9-14-12/h2-4,9,11,13,15H,5-8,10H2,1H3. The van der Waals surface area contributed by atoms with Crippen LogP contribution in [0.3, 0.4) is 0 Å². The zero-order valence-electron chi connectivity index (χ0n) is 9.45. The lowest BCUT2D eigenvalue weighted by Gasteiger charge is -2.11. The Hall–Kier alpha value is -0.890. The van der Waals surface area contributed by atoms with Crippen LogP contribution in [0.2, 0.25) is 0 Å². The van der Waals surface area contributed by atoms with Gasteiger partial charge in [-0.1, -0.05) is 13.0 Å². The van der Waals surface area contributed by atoms with Gasteiger partial charge in [0, 0.05) is 17.9 Å². The Morgan fingerprint density at radius 2 is 2.33 bits per heavy atom. The molecule has 1 aliphatic carbocycles. The number of hydrogen-bond acceptors (Lipinski definition) is 2. The first-order valence-corrected chi connectivity index (χ1v) is 5.98. The van der Waals surface area contributed by atoms with E-state index in [0.717, 1.165) is 24.9 Å². The van der Waals surface area contributed by atoms with Crippen LogP contribution in [0.15, 0.2) is 24.4 Å². The van der Waals surface area contributed by atoms with Crippen molar-refractivity contribution >= 4 is 0 Å². The molecule has 1 N–H and O–H groups in total. The van der Waals surface area contributed by atoms with Crippen molar-refractivity contribution in [2.45, 2.75) is 38.6 Å². The Bertz CT molecular complexity index is 280. The van der Waals surface area contributed by atoms with Gasteiger partial charge in [0.2, 0.25) is 0 Å². The van der Waals surface area contributed by atoms with Gasteiger partial charge in [0.05, 0.1) is 0 Å². The number of nitrogens with zero attached hydrogens (tertiary/aromatic N) is 1. The molecule has 1 saturated carbocycles. The van der Waals surface area contributed by atoms with Crippen molar-refractivity contribution < 1.29 is 0 Å². The van der Waals surface area contributed by atoms with Gasteiger partial charge in [0.15, 0.2) is 0 Å². The topological polar surface area (TPSA) is 24.9 Å². The summed E-state index contributed by atoms with van der Waals surface area (Å²) >= 11 is 0.